The van der Waals surface area contributed by atoms with Crippen LogP contribution in [-0.2, 0) is 15.0 Å². The molecular weight excluding hydrogens is 458 g/mol. The summed E-state index contributed by atoms with van der Waals surface area (Å²) in [6.45, 7) is 1.91. The van der Waals surface area contributed by atoms with Crippen LogP contribution >= 0.6 is 15.9 Å². The molecule has 0 saturated carbocycles. The van der Waals surface area contributed by atoms with E-state index < -0.39 is 11.3 Å². The molecule has 2 aliphatic heterocycles. The number of halogens is 1. The zero-order valence-corrected chi connectivity index (χ0v) is 18.3. The number of aryl methyl sites for hydroxylation is 1. The average molecular weight is 476 g/mol. The quantitative estimate of drug-likeness (QED) is 0.651. The number of carbonyl (C=O) groups excluding carboxylic acids is 2. The Bertz CT molecular complexity index is 1270. The van der Waals surface area contributed by atoms with Gasteiger partial charge in [-0.15, -0.1) is 0 Å². The molecule has 3 N–H and O–H groups in total. The Morgan fingerprint density at radius 2 is 2.06 bits per heavy atom. The summed E-state index contributed by atoms with van der Waals surface area (Å²) in [5.41, 5.74) is 8.16. The predicted molar refractivity (Wildman–Crippen MR) is 119 cm³/mol. The Kier molecular flexibility index (Phi) is 4.27. The molecule has 5 rings (SSSR count). The molecule has 31 heavy (non-hydrogen) atoms. The van der Waals surface area contributed by atoms with Crippen molar-refractivity contribution in [1.29, 1.82) is 5.26 Å². The lowest BCUT2D eigenvalue weighted by Gasteiger charge is -2.43. The summed E-state index contributed by atoms with van der Waals surface area (Å²) in [7, 11) is 0. The third-order valence-electron chi connectivity index (χ3n) is 6.12. The van der Waals surface area contributed by atoms with Crippen molar-refractivity contribution in [2.75, 3.05) is 10.2 Å². The van der Waals surface area contributed by atoms with E-state index in [1.807, 2.05) is 25.1 Å². The van der Waals surface area contributed by atoms with Crippen molar-refractivity contribution in [3.05, 3.63) is 74.8 Å². The van der Waals surface area contributed by atoms with Crippen molar-refractivity contribution in [3.63, 3.8) is 0 Å². The van der Waals surface area contributed by atoms with E-state index in [0.29, 0.717) is 47.6 Å². The number of ketones is 1. The molecule has 7 nitrogen and oxygen atoms in total. The Morgan fingerprint density at radius 3 is 2.77 bits per heavy atom. The molecule has 0 bridgehead atoms. The van der Waals surface area contributed by atoms with E-state index in [9.17, 15) is 14.9 Å². The number of aromatic nitrogens is 1. The highest BCUT2D eigenvalue weighted by Gasteiger charge is 2.60. The molecule has 1 atom stereocenters. The molecule has 2 aromatic rings. The Morgan fingerprint density at radius 1 is 1.26 bits per heavy atom. The highest BCUT2D eigenvalue weighted by Crippen LogP contribution is 2.55. The van der Waals surface area contributed by atoms with Gasteiger partial charge in [0.15, 0.2) is 5.78 Å². The van der Waals surface area contributed by atoms with Crippen LogP contribution in [0, 0.1) is 18.3 Å². The first-order valence-corrected chi connectivity index (χ1v) is 10.7. The fraction of sp³-hybridized carbons (Fsp3) is 0.217. The van der Waals surface area contributed by atoms with Crippen LogP contribution in [0.1, 0.15) is 30.4 Å². The number of benzene rings is 1. The fourth-order valence-corrected chi connectivity index (χ4v) is 5.10. The minimum absolute atomic E-state index is 0.0491. The molecule has 0 radical (unpaired) electrons. The number of amides is 1. The van der Waals surface area contributed by atoms with Crippen molar-refractivity contribution < 1.29 is 9.59 Å². The van der Waals surface area contributed by atoms with Crippen LogP contribution in [0.25, 0.3) is 0 Å². The van der Waals surface area contributed by atoms with Crippen LogP contribution in [0.15, 0.2) is 63.7 Å². The average Bonchev–Trinajstić information content (AvgIpc) is 3.02. The van der Waals surface area contributed by atoms with Crippen LogP contribution < -0.4 is 16.0 Å². The predicted octanol–water partition coefficient (Wildman–Crippen LogP) is 3.56. The third-order valence-corrected chi connectivity index (χ3v) is 6.59. The first-order valence-electron chi connectivity index (χ1n) is 9.91. The maximum Gasteiger partial charge on any atom is 0.245 e. The van der Waals surface area contributed by atoms with Gasteiger partial charge in [0.25, 0.3) is 0 Å². The summed E-state index contributed by atoms with van der Waals surface area (Å²) in [4.78, 5) is 33.0. The van der Waals surface area contributed by atoms with Crippen molar-refractivity contribution in [3.8, 4) is 6.07 Å². The van der Waals surface area contributed by atoms with E-state index in [0.717, 1.165) is 10.0 Å². The summed E-state index contributed by atoms with van der Waals surface area (Å²) >= 11 is 3.37. The van der Waals surface area contributed by atoms with E-state index in [1.54, 1.807) is 23.2 Å². The number of rotatable bonds is 1. The molecule has 0 unspecified atom stereocenters. The molecule has 1 aromatic heterocycles. The Hall–Kier alpha value is -3.44. The largest absolute Gasteiger partial charge is 0.384 e. The van der Waals surface area contributed by atoms with Crippen LogP contribution in [0.4, 0.5) is 11.5 Å². The van der Waals surface area contributed by atoms with Gasteiger partial charge >= 0.3 is 0 Å². The standard InChI is InChI=1S/C23H18BrN5O2/c1-12-5-7-16-14(9-12)23(22(31)28-16)15(10-25)21(26)29(19-8-6-13(24)11-27-19)17-3-2-4-18(30)20(17)23/h5-9,11H,2-4,26H2,1H3,(H,28,31)/t23-/m0/s1. The van der Waals surface area contributed by atoms with Gasteiger partial charge in [-0.05, 0) is 53.9 Å². The van der Waals surface area contributed by atoms with Crippen LogP contribution in [-0.4, -0.2) is 16.7 Å². The second-order valence-corrected chi connectivity index (χ2v) is 8.81. The number of nitrogens with one attached hydrogen (secondary N) is 1. The van der Waals surface area contributed by atoms with E-state index in [2.05, 4.69) is 32.3 Å². The van der Waals surface area contributed by atoms with Gasteiger partial charge in [0.2, 0.25) is 5.91 Å². The molecule has 1 aliphatic carbocycles. The van der Waals surface area contributed by atoms with Gasteiger partial charge in [0.1, 0.15) is 23.1 Å². The normalized spacial score (nSPS) is 22.4. The number of nitrogens with two attached hydrogens (primary N) is 1. The molecule has 3 aliphatic rings. The lowest BCUT2D eigenvalue weighted by Crippen LogP contribution is -2.51. The molecule has 8 heteroatoms. The van der Waals surface area contributed by atoms with Crippen molar-refractivity contribution >= 4 is 39.1 Å². The number of nitrogens with zero attached hydrogens (tertiary/aromatic N) is 3. The van der Waals surface area contributed by atoms with Gasteiger partial charge in [-0.2, -0.15) is 5.26 Å². The first kappa shape index (κ1) is 19.5. The van der Waals surface area contributed by atoms with Gasteiger partial charge in [0, 0.05) is 39.6 Å². The lowest BCUT2D eigenvalue weighted by atomic mass is 9.63. The van der Waals surface area contributed by atoms with E-state index >= 15 is 0 Å². The molecule has 1 aromatic carbocycles. The van der Waals surface area contributed by atoms with E-state index in [-0.39, 0.29) is 17.2 Å². The van der Waals surface area contributed by atoms with Crippen molar-refractivity contribution in [2.45, 2.75) is 31.6 Å². The van der Waals surface area contributed by atoms with Crippen LogP contribution in [0.2, 0.25) is 0 Å². The molecule has 0 saturated heterocycles. The Labute approximate surface area is 187 Å². The maximum atomic E-state index is 13.5. The van der Waals surface area contributed by atoms with E-state index in [1.165, 1.54) is 0 Å². The number of hydrogen-bond acceptors (Lipinski definition) is 6. The number of carbonyl (C=O) groups is 2. The van der Waals surface area contributed by atoms with Gasteiger partial charge in [-0.25, -0.2) is 4.98 Å². The van der Waals surface area contributed by atoms with Gasteiger partial charge in [-0.1, -0.05) is 17.7 Å². The lowest BCUT2D eigenvalue weighted by molar-refractivity contribution is -0.122. The topological polar surface area (TPSA) is 112 Å². The highest BCUT2D eigenvalue weighted by molar-refractivity contribution is 9.10. The number of nitriles is 1. The zero-order valence-electron chi connectivity index (χ0n) is 16.7. The number of pyridine rings is 1. The van der Waals surface area contributed by atoms with Gasteiger partial charge in [-0.3, -0.25) is 14.5 Å². The number of allylic oxidation sites excluding steroid dienone is 1. The maximum absolute atomic E-state index is 13.5. The number of anilines is 2. The zero-order chi connectivity index (χ0) is 21.9. The first-order chi connectivity index (χ1) is 14.9. The summed E-state index contributed by atoms with van der Waals surface area (Å²) in [6.07, 6.45) is 3.13. The second kappa shape index (κ2) is 6.79. The fourth-order valence-electron chi connectivity index (χ4n) is 4.87. The minimum Gasteiger partial charge on any atom is -0.384 e. The third kappa shape index (κ3) is 2.53. The summed E-state index contributed by atoms with van der Waals surface area (Å²) in [5, 5.41) is 13.1. The highest BCUT2D eigenvalue weighted by atomic mass is 79.9. The van der Waals surface area contributed by atoms with Crippen LogP contribution in [0.3, 0.4) is 0 Å². The SMILES string of the molecule is Cc1ccc2c(c1)[C@]1(C(=O)N2)C(C#N)=C(N)N(c2ccc(Br)cn2)C2=C1C(=O)CCC2. The van der Waals surface area contributed by atoms with Gasteiger partial charge in [0.05, 0.1) is 5.57 Å². The molecule has 154 valence electrons. The molecule has 1 amide bonds. The van der Waals surface area contributed by atoms with E-state index in [4.69, 9.17) is 5.73 Å². The minimum atomic E-state index is -1.54. The second-order valence-electron chi connectivity index (χ2n) is 7.89. The smallest absolute Gasteiger partial charge is 0.245 e. The Balaban J connectivity index is 1.88. The van der Waals surface area contributed by atoms with Crippen molar-refractivity contribution in [1.82, 2.24) is 4.98 Å². The summed E-state index contributed by atoms with van der Waals surface area (Å²) in [6, 6.07) is 11.3. The van der Waals surface area contributed by atoms with Crippen molar-refractivity contribution in [2.24, 2.45) is 5.73 Å². The number of fused-ring (bicyclic) bond motifs is 3. The molecular formula is C23H18BrN5O2. The molecule has 0 fully saturated rings. The monoisotopic (exact) mass is 475 g/mol. The molecule has 3 heterocycles. The van der Waals surface area contributed by atoms with Gasteiger partial charge < -0.3 is 11.1 Å². The summed E-state index contributed by atoms with van der Waals surface area (Å²) < 4.78 is 0.793. The summed E-state index contributed by atoms with van der Waals surface area (Å²) in [5.74, 6) is 0.0514. The van der Waals surface area contributed by atoms with Crippen LogP contribution in [0.5, 0.6) is 0 Å². The molecule has 1 spiro atoms. The number of Topliss-reactive ketones (excluding diaryl/α,β-unsaturated/α-hetero) is 1. The number of hydrogen-bond donors (Lipinski definition) is 2.